The summed E-state index contributed by atoms with van der Waals surface area (Å²) in [5, 5.41) is 10.2. The maximum atomic E-state index is 11.6. The van der Waals surface area contributed by atoms with Gasteiger partial charge in [0.25, 0.3) is 0 Å². The predicted octanol–water partition coefficient (Wildman–Crippen LogP) is 1.24. The lowest BCUT2D eigenvalue weighted by molar-refractivity contribution is 0.0962. The van der Waals surface area contributed by atoms with Crippen molar-refractivity contribution in [2.75, 3.05) is 26.4 Å². The number of rotatable bonds is 8. The molecule has 0 unspecified atom stereocenters. The molecule has 0 heterocycles. The molecule has 0 aliphatic carbocycles. The van der Waals surface area contributed by atoms with Gasteiger partial charge in [0.05, 0.1) is 19.8 Å². The lowest BCUT2D eigenvalue weighted by Gasteiger charge is -2.03. The molecular formula is C12H16ClNO4S. The molecule has 0 radical (unpaired) electrons. The van der Waals surface area contributed by atoms with E-state index >= 15 is 0 Å². The van der Waals surface area contributed by atoms with E-state index in [0.29, 0.717) is 5.02 Å². The molecule has 0 amide bonds. The van der Waals surface area contributed by atoms with Gasteiger partial charge in [-0.05, 0) is 23.8 Å². The fraction of sp³-hybridized carbons (Fsp3) is 0.333. The van der Waals surface area contributed by atoms with Gasteiger partial charge in [0.15, 0.2) is 0 Å². The monoisotopic (exact) mass is 305 g/mol. The third-order valence-corrected chi connectivity index (χ3v) is 3.45. The molecule has 0 saturated carbocycles. The lowest BCUT2D eigenvalue weighted by atomic mass is 10.2. The number of hydrogen-bond acceptors (Lipinski definition) is 4. The zero-order valence-electron chi connectivity index (χ0n) is 10.3. The molecule has 0 bridgehead atoms. The highest BCUT2D eigenvalue weighted by Gasteiger charge is 2.03. The number of benzene rings is 1. The molecule has 0 fully saturated rings. The molecule has 0 atom stereocenters. The number of hydrogen-bond donors (Lipinski definition) is 2. The Hall–Kier alpha value is -0.920. The first kappa shape index (κ1) is 16.1. The molecule has 0 saturated heterocycles. The van der Waals surface area contributed by atoms with Crippen molar-refractivity contribution in [3.63, 3.8) is 0 Å². The van der Waals surface area contributed by atoms with Crippen molar-refractivity contribution in [3.05, 3.63) is 40.3 Å². The minimum Gasteiger partial charge on any atom is -0.394 e. The van der Waals surface area contributed by atoms with Crippen LogP contribution in [0.3, 0.4) is 0 Å². The van der Waals surface area contributed by atoms with Gasteiger partial charge in [0.1, 0.15) is 0 Å². The van der Waals surface area contributed by atoms with Crippen LogP contribution in [0, 0.1) is 0 Å². The van der Waals surface area contributed by atoms with Crippen molar-refractivity contribution in [1.29, 1.82) is 0 Å². The number of aliphatic hydroxyl groups is 1. The van der Waals surface area contributed by atoms with E-state index in [1.807, 2.05) is 0 Å². The van der Waals surface area contributed by atoms with Crippen LogP contribution in [-0.4, -0.2) is 39.9 Å². The van der Waals surface area contributed by atoms with E-state index in [9.17, 15) is 8.42 Å². The standard InChI is InChI=1S/C12H16ClNO4S/c13-12-3-1-11(2-4-12)5-10-19(16,17)14-6-8-18-9-7-15/h1-5,10,14-15H,6-9H2. The average molecular weight is 306 g/mol. The topological polar surface area (TPSA) is 75.6 Å². The summed E-state index contributed by atoms with van der Waals surface area (Å²) in [5.41, 5.74) is 0.742. The van der Waals surface area contributed by atoms with Gasteiger partial charge in [0, 0.05) is 17.0 Å². The highest BCUT2D eigenvalue weighted by molar-refractivity contribution is 7.92. The zero-order valence-corrected chi connectivity index (χ0v) is 11.8. The number of nitrogens with one attached hydrogen (secondary N) is 1. The fourth-order valence-electron chi connectivity index (χ4n) is 1.21. The second kappa shape index (κ2) is 8.29. The molecule has 19 heavy (non-hydrogen) atoms. The quantitative estimate of drug-likeness (QED) is 0.709. The largest absolute Gasteiger partial charge is 0.394 e. The van der Waals surface area contributed by atoms with E-state index in [-0.39, 0.29) is 26.4 Å². The van der Waals surface area contributed by atoms with Crippen LogP contribution in [0.5, 0.6) is 0 Å². The SMILES string of the molecule is O=S(=O)(C=Cc1ccc(Cl)cc1)NCCOCCO. The summed E-state index contributed by atoms with van der Waals surface area (Å²) < 4.78 is 30.4. The zero-order chi connectivity index (χ0) is 14.1. The van der Waals surface area contributed by atoms with Crippen LogP contribution < -0.4 is 4.72 Å². The average Bonchev–Trinajstić information content (AvgIpc) is 2.38. The molecule has 1 aromatic rings. The first-order chi connectivity index (χ1) is 9.03. The summed E-state index contributed by atoms with van der Waals surface area (Å²) in [7, 11) is -3.48. The van der Waals surface area contributed by atoms with Crippen molar-refractivity contribution >= 4 is 27.7 Å². The Morgan fingerprint density at radius 1 is 1.26 bits per heavy atom. The molecule has 7 heteroatoms. The molecule has 0 aromatic heterocycles. The van der Waals surface area contributed by atoms with Crippen LogP contribution in [0.1, 0.15) is 5.56 Å². The lowest BCUT2D eigenvalue weighted by Crippen LogP contribution is -2.25. The number of halogens is 1. The Bertz CT molecular complexity index is 499. The number of sulfonamides is 1. The van der Waals surface area contributed by atoms with Gasteiger partial charge in [-0.2, -0.15) is 0 Å². The Morgan fingerprint density at radius 3 is 2.58 bits per heavy atom. The highest BCUT2D eigenvalue weighted by atomic mass is 35.5. The summed E-state index contributed by atoms with van der Waals surface area (Å²) in [6.07, 6.45) is 1.48. The fourth-order valence-corrected chi connectivity index (χ4v) is 2.14. The van der Waals surface area contributed by atoms with Gasteiger partial charge in [0.2, 0.25) is 10.0 Å². The highest BCUT2D eigenvalue weighted by Crippen LogP contribution is 2.10. The third kappa shape index (κ3) is 7.29. The van der Waals surface area contributed by atoms with Crippen LogP contribution in [0.4, 0.5) is 0 Å². The van der Waals surface area contributed by atoms with Gasteiger partial charge in [-0.1, -0.05) is 23.7 Å². The molecule has 0 spiro atoms. The molecule has 1 rings (SSSR count). The molecule has 2 N–H and O–H groups in total. The minimum atomic E-state index is -3.48. The molecular weight excluding hydrogens is 290 g/mol. The maximum Gasteiger partial charge on any atom is 0.233 e. The van der Waals surface area contributed by atoms with Gasteiger partial charge in [-0.15, -0.1) is 0 Å². The van der Waals surface area contributed by atoms with E-state index in [4.69, 9.17) is 21.4 Å². The van der Waals surface area contributed by atoms with Crippen LogP contribution >= 0.6 is 11.6 Å². The summed E-state index contributed by atoms with van der Waals surface area (Å²) in [6.45, 7) is 0.493. The number of aliphatic hydroxyl groups excluding tert-OH is 1. The molecule has 0 aliphatic heterocycles. The Kier molecular flexibility index (Phi) is 7.04. The van der Waals surface area contributed by atoms with Crippen molar-refractivity contribution in [2.45, 2.75) is 0 Å². The first-order valence-corrected chi connectivity index (χ1v) is 7.58. The molecule has 106 valence electrons. The van der Waals surface area contributed by atoms with Gasteiger partial charge in [-0.3, -0.25) is 0 Å². The van der Waals surface area contributed by atoms with E-state index in [0.717, 1.165) is 11.0 Å². The normalized spacial score (nSPS) is 12.1. The second-order valence-electron chi connectivity index (χ2n) is 3.63. The predicted molar refractivity (Wildman–Crippen MR) is 75.3 cm³/mol. The summed E-state index contributed by atoms with van der Waals surface area (Å²) in [4.78, 5) is 0. The van der Waals surface area contributed by atoms with E-state index < -0.39 is 10.0 Å². The van der Waals surface area contributed by atoms with Crippen molar-refractivity contribution in [2.24, 2.45) is 0 Å². The number of ether oxygens (including phenoxy) is 1. The first-order valence-electron chi connectivity index (χ1n) is 5.65. The van der Waals surface area contributed by atoms with E-state index in [2.05, 4.69) is 4.72 Å². The maximum absolute atomic E-state index is 11.6. The summed E-state index contributed by atoms with van der Waals surface area (Å²) in [5.74, 6) is 0. The van der Waals surface area contributed by atoms with Crippen LogP contribution in [-0.2, 0) is 14.8 Å². The van der Waals surface area contributed by atoms with E-state index in [1.54, 1.807) is 24.3 Å². The van der Waals surface area contributed by atoms with E-state index in [1.165, 1.54) is 6.08 Å². The van der Waals surface area contributed by atoms with Crippen LogP contribution in [0.2, 0.25) is 5.02 Å². The van der Waals surface area contributed by atoms with Crippen LogP contribution in [0.25, 0.3) is 6.08 Å². The van der Waals surface area contributed by atoms with Gasteiger partial charge in [-0.25, -0.2) is 13.1 Å². The summed E-state index contributed by atoms with van der Waals surface area (Å²) in [6, 6.07) is 6.81. The molecule has 5 nitrogen and oxygen atoms in total. The Morgan fingerprint density at radius 2 is 1.95 bits per heavy atom. The van der Waals surface area contributed by atoms with Crippen LogP contribution in [0.15, 0.2) is 29.7 Å². The molecule has 1 aromatic carbocycles. The van der Waals surface area contributed by atoms with Crippen molar-refractivity contribution in [3.8, 4) is 0 Å². The third-order valence-electron chi connectivity index (χ3n) is 2.09. The smallest absolute Gasteiger partial charge is 0.233 e. The van der Waals surface area contributed by atoms with Crippen molar-refractivity contribution in [1.82, 2.24) is 4.72 Å². The van der Waals surface area contributed by atoms with Gasteiger partial charge < -0.3 is 9.84 Å². The summed E-state index contributed by atoms with van der Waals surface area (Å²) >= 11 is 5.73. The Balaban J connectivity index is 2.43. The minimum absolute atomic E-state index is 0.0801. The molecule has 0 aliphatic rings. The van der Waals surface area contributed by atoms with Crippen molar-refractivity contribution < 1.29 is 18.3 Å². The Labute approximate surface area is 117 Å². The second-order valence-corrected chi connectivity index (χ2v) is 5.72. The van der Waals surface area contributed by atoms with Gasteiger partial charge >= 0.3 is 0 Å².